The zero-order valence-corrected chi connectivity index (χ0v) is 41.2. The van der Waals surface area contributed by atoms with E-state index in [2.05, 4.69) is 42.8 Å². The lowest BCUT2D eigenvalue weighted by atomic mass is 10.0. The number of hydrazine groups is 2. The monoisotopic (exact) mass is 1070 g/mol. The van der Waals surface area contributed by atoms with Gasteiger partial charge in [-0.2, -0.15) is 10.2 Å². The highest BCUT2D eigenvalue weighted by atomic mass is 35.5. The summed E-state index contributed by atoms with van der Waals surface area (Å²) < 4.78 is 33.2. The molecule has 4 aromatic carbocycles. The first kappa shape index (κ1) is 57.8. The van der Waals surface area contributed by atoms with Crippen molar-refractivity contribution in [2.75, 3.05) is 13.1 Å². The summed E-state index contributed by atoms with van der Waals surface area (Å²) in [4.78, 5) is 91.4. The third-order valence-corrected chi connectivity index (χ3v) is 10.1. The van der Waals surface area contributed by atoms with Crippen molar-refractivity contribution in [3.05, 3.63) is 153 Å². The normalized spacial score (nSPS) is 11.5. The van der Waals surface area contributed by atoms with Gasteiger partial charge in [-0.05, 0) is 82.4 Å². The fraction of sp³-hybridized carbons (Fsp3) is 0.208. The smallest absolute Gasteiger partial charge is 0.346 e. The summed E-state index contributed by atoms with van der Waals surface area (Å²) in [5, 5.41) is 43.5. The predicted molar refractivity (Wildman–Crippen MR) is 260 cm³/mol. The fourth-order valence-corrected chi connectivity index (χ4v) is 6.60. The first-order valence-electron chi connectivity index (χ1n) is 21.2. The standard InChI is InChI=1S/C24H22ClFN4O6.C22H20ClFN4O5.C2H3ClO/c1-13(31)20-10-21(28-27-20)23(33)29-30(12-22(24(34)35)36-14(2)32)11-15-3-5-16(6-4-15)18-9-17(25)7-8-19(18)26;1-12(29)18-9-19(26-25-18)21(31)27-28(11-20(30)22(32)33)10-13-2-4-14(5-3-13)16-8-15(23)6-7-17(16)24;1-2(3)4/h3-10,22H,11-12H2,1-2H3,(H,27,28)(H,29,33)(H,34,35);2-9,20,30H,10-11H2,1H3,(H,25,26)(H,27,31)(H,32,33);1H3/t22-;20-;/m11./s1. The Bertz CT molecular complexity index is 2970. The number of aromatic nitrogens is 4. The molecule has 0 unspecified atom stereocenters. The number of ketones is 2. The summed E-state index contributed by atoms with van der Waals surface area (Å²) in [6.07, 6.45) is -3.34. The van der Waals surface area contributed by atoms with Crippen LogP contribution in [0.3, 0.4) is 0 Å². The average Bonchev–Trinajstić information content (AvgIpc) is 4.03. The van der Waals surface area contributed by atoms with Gasteiger partial charge in [-0.25, -0.2) is 28.4 Å². The van der Waals surface area contributed by atoms with E-state index in [1.807, 2.05) is 0 Å². The Morgan fingerprint density at radius 2 is 1.00 bits per heavy atom. The van der Waals surface area contributed by atoms with Gasteiger partial charge >= 0.3 is 17.9 Å². The maximum atomic E-state index is 14.2. The fourth-order valence-electron chi connectivity index (χ4n) is 6.25. The van der Waals surface area contributed by atoms with Gasteiger partial charge in [0.2, 0.25) is 11.3 Å². The number of hydrogen-bond acceptors (Lipinski definition) is 14. The predicted octanol–water partition coefficient (Wildman–Crippen LogP) is 6.67. The number of nitrogens with one attached hydrogen (secondary N) is 4. The largest absolute Gasteiger partial charge is 0.479 e. The van der Waals surface area contributed by atoms with Gasteiger partial charge in [0, 0.05) is 62.0 Å². The Kier molecular flexibility index (Phi) is 21.5. The highest BCUT2D eigenvalue weighted by Gasteiger charge is 2.27. The molecule has 0 bridgehead atoms. The topological polar surface area (TPSA) is 294 Å². The van der Waals surface area contributed by atoms with Gasteiger partial charge in [-0.15, -0.1) is 0 Å². The number of carboxylic acid groups (broad SMARTS) is 2. The SMILES string of the molecule is CC(=O)Cl.CC(=O)O[C@H](CN(Cc1ccc(-c2cc(Cl)ccc2F)cc1)NC(=O)c1cc(C(C)=O)n[nH]1)C(=O)O.CC(=O)c1cc(C(=O)NN(Cc2ccc(-c3cc(Cl)ccc3F)cc2)C[C@@H](O)C(=O)O)[nH]n1. The van der Waals surface area contributed by atoms with Crippen LogP contribution in [0.25, 0.3) is 22.3 Å². The minimum absolute atomic E-state index is 0.00277. The second-order valence-electron chi connectivity index (χ2n) is 15.5. The molecule has 0 aliphatic rings. The van der Waals surface area contributed by atoms with E-state index in [1.165, 1.54) is 79.3 Å². The van der Waals surface area contributed by atoms with Crippen molar-refractivity contribution in [1.29, 1.82) is 0 Å². The number of aliphatic hydroxyl groups excluding tert-OH is 1. The molecule has 6 rings (SSSR count). The molecular weight excluding hydrogens is 1020 g/mol. The second kappa shape index (κ2) is 27.2. The molecule has 6 aromatic rings. The van der Waals surface area contributed by atoms with Gasteiger partial charge in [0.15, 0.2) is 17.7 Å². The number of nitrogens with zero attached hydrogens (tertiary/aromatic N) is 4. The molecule has 2 heterocycles. The Balaban J connectivity index is 0.000000296. The molecule has 2 amide bonds. The van der Waals surface area contributed by atoms with Crippen LogP contribution < -0.4 is 10.9 Å². The molecule has 0 saturated heterocycles. The van der Waals surface area contributed by atoms with E-state index in [9.17, 15) is 57.4 Å². The van der Waals surface area contributed by atoms with Crippen LogP contribution in [0.5, 0.6) is 0 Å². The minimum Gasteiger partial charge on any atom is -0.479 e. The molecule has 0 fully saturated rings. The van der Waals surface area contributed by atoms with Crippen LogP contribution in [0.15, 0.2) is 97.1 Å². The summed E-state index contributed by atoms with van der Waals surface area (Å²) >= 11 is 16.6. The number of halogens is 5. The number of aromatic amines is 2. The van der Waals surface area contributed by atoms with E-state index in [0.717, 1.165) is 6.92 Å². The maximum absolute atomic E-state index is 14.2. The Morgan fingerprint density at radius 3 is 1.33 bits per heavy atom. The Labute approximate surface area is 429 Å². The third-order valence-electron chi connectivity index (χ3n) is 9.67. The molecule has 0 radical (unpaired) electrons. The lowest BCUT2D eigenvalue weighted by molar-refractivity contribution is -0.164. The van der Waals surface area contributed by atoms with Crippen molar-refractivity contribution < 1.29 is 67.2 Å². The van der Waals surface area contributed by atoms with E-state index < -0.39 is 60.1 Å². The molecule has 0 aliphatic carbocycles. The summed E-state index contributed by atoms with van der Waals surface area (Å²) in [6, 6.07) is 24.2. The van der Waals surface area contributed by atoms with Crippen molar-refractivity contribution >= 4 is 81.3 Å². The van der Waals surface area contributed by atoms with Gasteiger partial charge in [0.25, 0.3) is 11.8 Å². The molecule has 0 spiro atoms. The number of amides is 2. The van der Waals surface area contributed by atoms with E-state index in [0.29, 0.717) is 43.4 Å². The number of carbonyl (C=O) groups is 8. The summed E-state index contributed by atoms with van der Waals surface area (Å²) in [5.74, 6) is -6.60. The van der Waals surface area contributed by atoms with Crippen molar-refractivity contribution in [1.82, 2.24) is 41.3 Å². The Morgan fingerprint density at radius 1 is 0.616 bits per heavy atom. The summed E-state index contributed by atoms with van der Waals surface area (Å²) in [5.41, 5.74) is 8.15. The molecule has 2 atom stereocenters. The minimum atomic E-state index is -1.76. The van der Waals surface area contributed by atoms with E-state index >= 15 is 0 Å². The number of carbonyl (C=O) groups excluding carboxylic acids is 6. The molecule has 20 nitrogen and oxygen atoms in total. The Hall–Kier alpha value is -7.73. The highest BCUT2D eigenvalue weighted by Crippen LogP contribution is 2.28. The molecule has 2 aromatic heterocycles. The van der Waals surface area contributed by atoms with Crippen LogP contribution in [0, 0.1) is 11.6 Å². The quantitative estimate of drug-likeness (QED) is 0.0193. The zero-order valence-electron chi connectivity index (χ0n) is 38.9. The number of Topliss-reactive ketones (excluding diaryl/α,β-unsaturated/α-hetero) is 2. The van der Waals surface area contributed by atoms with Gasteiger partial charge in [-0.3, -0.25) is 49.8 Å². The van der Waals surface area contributed by atoms with Crippen LogP contribution in [0.2, 0.25) is 10.0 Å². The van der Waals surface area contributed by atoms with Crippen molar-refractivity contribution in [2.45, 2.75) is 53.0 Å². The number of rotatable bonds is 19. The number of aliphatic carboxylic acids is 2. The van der Waals surface area contributed by atoms with Gasteiger partial charge in [0.1, 0.15) is 34.4 Å². The molecule has 7 N–H and O–H groups in total. The first-order chi connectivity index (χ1) is 34.4. The third kappa shape index (κ3) is 18.4. The lowest BCUT2D eigenvalue weighted by Gasteiger charge is -2.26. The first-order valence-corrected chi connectivity index (χ1v) is 22.3. The molecule has 25 heteroatoms. The number of carboxylic acids is 2. The van der Waals surface area contributed by atoms with Crippen LogP contribution in [-0.4, -0.2) is 118 Å². The number of esters is 1. The van der Waals surface area contributed by atoms with Crippen molar-refractivity contribution in [3.63, 3.8) is 0 Å². The number of hydrogen-bond donors (Lipinski definition) is 7. The molecule has 73 heavy (non-hydrogen) atoms. The van der Waals surface area contributed by atoms with Gasteiger partial charge < -0.3 is 20.1 Å². The number of benzene rings is 4. The maximum Gasteiger partial charge on any atom is 0.346 e. The van der Waals surface area contributed by atoms with Crippen molar-refractivity contribution in [3.8, 4) is 22.3 Å². The van der Waals surface area contributed by atoms with E-state index in [4.69, 9.17) is 33.0 Å². The highest BCUT2D eigenvalue weighted by molar-refractivity contribution is 6.62. The molecule has 0 saturated carbocycles. The zero-order chi connectivity index (χ0) is 54.1. The van der Waals surface area contributed by atoms with Gasteiger partial charge in [-0.1, -0.05) is 71.7 Å². The van der Waals surface area contributed by atoms with E-state index in [-0.39, 0.29) is 59.2 Å². The molecule has 0 aliphatic heterocycles. The van der Waals surface area contributed by atoms with Crippen LogP contribution in [-0.2, 0) is 37.0 Å². The molecule has 384 valence electrons. The second-order valence-corrected chi connectivity index (χ2v) is 16.9. The average molecular weight is 1070 g/mol. The van der Waals surface area contributed by atoms with Crippen LogP contribution >= 0.6 is 34.8 Å². The molecular formula is C48H45Cl3F2N8O12. The van der Waals surface area contributed by atoms with Crippen LogP contribution in [0.1, 0.15) is 80.8 Å². The number of H-pyrrole nitrogens is 2. The van der Waals surface area contributed by atoms with Crippen molar-refractivity contribution in [2.24, 2.45) is 0 Å². The number of aliphatic hydroxyl groups is 1. The summed E-state index contributed by atoms with van der Waals surface area (Å²) in [6.45, 7) is 4.18. The number of ether oxygens (including phenoxy) is 1. The van der Waals surface area contributed by atoms with Gasteiger partial charge in [0.05, 0.1) is 13.1 Å². The lowest BCUT2D eigenvalue weighted by Crippen LogP contribution is -2.48. The van der Waals surface area contributed by atoms with Crippen LogP contribution in [0.4, 0.5) is 8.78 Å². The van der Waals surface area contributed by atoms with E-state index in [1.54, 1.807) is 48.5 Å². The summed E-state index contributed by atoms with van der Waals surface area (Å²) in [7, 11) is 0.